The number of carbonyl (C=O) groups is 2. The summed E-state index contributed by atoms with van der Waals surface area (Å²) in [7, 11) is 0. The van der Waals surface area contributed by atoms with Crippen molar-refractivity contribution in [2.75, 3.05) is 6.61 Å². The lowest BCUT2D eigenvalue weighted by Crippen LogP contribution is -2.19. The van der Waals surface area contributed by atoms with Gasteiger partial charge in [0.05, 0.1) is 5.92 Å². The average Bonchev–Trinajstić information content (AvgIpc) is 2.35. The van der Waals surface area contributed by atoms with E-state index in [-0.39, 0.29) is 24.3 Å². The molecule has 0 saturated carbocycles. The molecule has 0 aliphatic rings. The van der Waals surface area contributed by atoms with Gasteiger partial charge in [0.2, 0.25) is 0 Å². The summed E-state index contributed by atoms with van der Waals surface area (Å²) < 4.78 is 4.98. The molecule has 1 aromatic rings. The highest BCUT2D eigenvalue weighted by atomic mass is 35.5. The van der Waals surface area contributed by atoms with E-state index in [9.17, 15) is 9.59 Å². The molecule has 1 atom stereocenters. The maximum Gasteiger partial charge on any atom is 0.309 e. The predicted molar refractivity (Wildman–Crippen MR) is 70.8 cm³/mol. The summed E-state index contributed by atoms with van der Waals surface area (Å²) in [6.45, 7) is 3.57. The molecule has 4 heteroatoms. The Hall–Kier alpha value is -1.35. The number of rotatable bonds is 6. The largest absolute Gasteiger partial charge is 0.457 e. The maximum atomic E-state index is 11.7. The van der Waals surface area contributed by atoms with Crippen LogP contribution in [0.15, 0.2) is 24.3 Å². The lowest BCUT2D eigenvalue weighted by molar-refractivity contribution is -0.146. The molecule has 0 radical (unpaired) electrons. The number of carbonyl (C=O) groups excluding carboxylic acids is 2. The highest BCUT2D eigenvalue weighted by molar-refractivity contribution is 6.31. The van der Waals surface area contributed by atoms with E-state index in [2.05, 4.69) is 0 Å². The smallest absolute Gasteiger partial charge is 0.309 e. The predicted octanol–water partition coefficient (Wildman–Crippen LogP) is 3.50. The second-order valence-corrected chi connectivity index (χ2v) is 4.67. The number of Topliss-reactive ketones (excluding diaryl/α,β-unsaturated/α-hetero) is 1. The van der Waals surface area contributed by atoms with Crippen molar-refractivity contribution in [3.8, 4) is 0 Å². The van der Waals surface area contributed by atoms with E-state index < -0.39 is 0 Å². The molecule has 0 heterocycles. The zero-order valence-corrected chi connectivity index (χ0v) is 11.4. The van der Waals surface area contributed by atoms with Crippen molar-refractivity contribution in [3.05, 3.63) is 34.9 Å². The third-order valence-electron chi connectivity index (χ3n) is 2.62. The molecule has 0 bridgehead atoms. The average molecular weight is 269 g/mol. The first-order valence-corrected chi connectivity index (χ1v) is 6.37. The quantitative estimate of drug-likeness (QED) is 0.586. The second kappa shape index (κ2) is 7.17. The molecule has 0 aromatic heterocycles. The Morgan fingerprint density at radius 3 is 2.72 bits per heavy atom. The molecule has 1 rings (SSSR count). The van der Waals surface area contributed by atoms with Gasteiger partial charge in [0, 0.05) is 10.6 Å². The van der Waals surface area contributed by atoms with Crippen molar-refractivity contribution in [2.45, 2.75) is 26.7 Å². The highest BCUT2D eigenvalue weighted by Gasteiger charge is 2.15. The number of hydrogen-bond acceptors (Lipinski definition) is 3. The van der Waals surface area contributed by atoms with Gasteiger partial charge in [0.25, 0.3) is 0 Å². The van der Waals surface area contributed by atoms with Gasteiger partial charge in [-0.25, -0.2) is 0 Å². The lowest BCUT2D eigenvalue weighted by atomic mass is 10.1. The van der Waals surface area contributed by atoms with Crippen LogP contribution in [0.3, 0.4) is 0 Å². The Balaban J connectivity index is 2.49. The van der Waals surface area contributed by atoms with E-state index in [1.165, 1.54) is 0 Å². The monoisotopic (exact) mass is 268 g/mol. The number of hydrogen-bond donors (Lipinski definition) is 0. The molecular weight excluding hydrogens is 252 g/mol. The molecule has 1 aromatic carbocycles. The van der Waals surface area contributed by atoms with Crippen molar-refractivity contribution in [3.63, 3.8) is 0 Å². The fourth-order valence-electron chi connectivity index (χ4n) is 1.58. The molecule has 0 spiro atoms. The summed E-state index contributed by atoms with van der Waals surface area (Å²) >= 11 is 5.78. The van der Waals surface area contributed by atoms with Crippen molar-refractivity contribution in [1.82, 2.24) is 0 Å². The van der Waals surface area contributed by atoms with Gasteiger partial charge in [0.15, 0.2) is 12.4 Å². The van der Waals surface area contributed by atoms with E-state index in [4.69, 9.17) is 16.3 Å². The van der Waals surface area contributed by atoms with Gasteiger partial charge in [-0.1, -0.05) is 44.0 Å². The topological polar surface area (TPSA) is 43.4 Å². The molecule has 0 amide bonds. The molecule has 0 fully saturated rings. The second-order valence-electron chi connectivity index (χ2n) is 4.23. The first-order valence-electron chi connectivity index (χ1n) is 6.00. The Bertz CT molecular complexity index is 429. The molecule has 0 aliphatic carbocycles. The van der Waals surface area contributed by atoms with Gasteiger partial charge < -0.3 is 4.74 Å². The van der Waals surface area contributed by atoms with Crippen LogP contribution in [0.1, 0.15) is 37.0 Å². The summed E-state index contributed by atoms with van der Waals surface area (Å²) in [5.74, 6) is -0.732. The Labute approximate surface area is 112 Å². The van der Waals surface area contributed by atoms with Crippen LogP contribution in [0.25, 0.3) is 0 Å². The van der Waals surface area contributed by atoms with Crippen LogP contribution in [0.2, 0.25) is 5.02 Å². The van der Waals surface area contributed by atoms with E-state index in [0.29, 0.717) is 10.6 Å². The molecular formula is C14H17ClO3. The van der Waals surface area contributed by atoms with Gasteiger partial charge in [0.1, 0.15) is 0 Å². The highest BCUT2D eigenvalue weighted by Crippen LogP contribution is 2.12. The van der Waals surface area contributed by atoms with Gasteiger partial charge in [-0.15, -0.1) is 0 Å². The third kappa shape index (κ3) is 4.49. The summed E-state index contributed by atoms with van der Waals surface area (Å²) in [6, 6.07) is 6.59. The molecule has 98 valence electrons. The summed E-state index contributed by atoms with van der Waals surface area (Å²) in [5.41, 5.74) is 0.457. The van der Waals surface area contributed by atoms with Crippen molar-refractivity contribution < 1.29 is 14.3 Å². The van der Waals surface area contributed by atoms with E-state index in [1.54, 1.807) is 31.2 Å². The van der Waals surface area contributed by atoms with Gasteiger partial charge in [-0.2, -0.15) is 0 Å². The van der Waals surface area contributed by atoms with Crippen molar-refractivity contribution in [1.29, 1.82) is 0 Å². The van der Waals surface area contributed by atoms with Crippen LogP contribution in [0.4, 0.5) is 0 Å². The summed E-state index contributed by atoms with van der Waals surface area (Å²) in [4.78, 5) is 23.3. The van der Waals surface area contributed by atoms with E-state index in [0.717, 1.165) is 12.8 Å². The van der Waals surface area contributed by atoms with E-state index >= 15 is 0 Å². The van der Waals surface area contributed by atoms with Gasteiger partial charge >= 0.3 is 5.97 Å². The fraction of sp³-hybridized carbons (Fsp3) is 0.429. The molecule has 0 unspecified atom stereocenters. The Morgan fingerprint density at radius 1 is 1.39 bits per heavy atom. The number of ketones is 1. The van der Waals surface area contributed by atoms with Gasteiger partial charge in [-0.05, 0) is 18.6 Å². The fourth-order valence-corrected chi connectivity index (χ4v) is 1.77. The molecule has 0 N–H and O–H groups in total. The SMILES string of the molecule is CCC[C@H](C)C(=O)OCC(=O)c1cccc(Cl)c1. The van der Waals surface area contributed by atoms with Crippen molar-refractivity contribution >= 4 is 23.4 Å². The van der Waals surface area contributed by atoms with E-state index in [1.807, 2.05) is 6.92 Å². The summed E-state index contributed by atoms with van der Waals surface area (Å²) in [5, 5.41) is 0.492. The number of esters is 1. The van der Waals surface area contributed by atoms with Crippen LogP contribution in [0, 0.1) is 5.92 Å². The molecule has 0 saturated heterocycles. The zero-order chi connectivity index (χ0) is 13.5. The first kappa shape index (κ1) is 14.7. The number of halogens is 1. The third-order valence-corrected chi connectivity index (χ3v) is 2.85. The first-order chi connectivity index (χ1) is 8.54. The minimum Gasteiger partial charge on any atom is -0.457 e. The Morgan fingerprint density at radius 2 is 2.11 bits per heavy atom. The van der Waals surface area contributed by atoms with Crippen LogP contribution >= 0.6 is 11.6 Å². The molecule has 3 nitrogen and oxygen atoms in total. The standard InChI is InChI=1S/C14H17ClO3/c1-3-5-10(2)14(17)18-9-13(16)11-6-4-7-12(15)8-11/h4,6-8,10H,3,5,9H2,1-2H3/t10-/m0/s1. The zero-order valence-electron chi connectivity index (χ0n) is 10.6. The minimum atomic E-state index is -0.327. The lowest BCUT2D eigenvalue weighted by Gasteiger charge is -2.09. The van der Waals surface area contributed by atoms with Crippen LogP contribution in [-0.2, 0) is 9.53 Å². The van der Waals surface area contributed by atoms with Crippen LogP contribution in [0.5, 0.6) is 0 Å². The van der Waals surface area contributed by atoms with Crippen molar-refractivity contribution in [2.24, 2.45) is 5.92 Å². The Kier molecular flexibility index (Phi) is 5.86. The van der Waals surface area contributed by atoms with Crippen LogP contribution in [-0.4, -0.2) is 18.4 Å². The maximum absolute atomic E-state index is 11.7. The normalized spacial score (nSPS) is 11.9. The molecule has 0 aliphatic heterocycles. The number of benzene rings is 1. The van der Waals surface area contributed by atoms with Crippen LogP contribution < -0.4 is 0 Å². The summed E-state index contributed by atoms with van der Waals surface area (Å²) in [6.07, 6.45) is 1.68. The number of ether oxygens (including phenoxy) is 1. The van der Waals surface area contributed by atoms with Gasteiger partial charge in [-0.3, -0.25) is 9.59 Å². The molecule has 18 heavy (non-hydrogen) atoms. The minimum absolute atomic E-state index is 0.165.